The van der Waals surface area contributed by atoms with Crippen LogP contribution in [0.3, 0.4) is 0 Å². The zero-order chi connectivity index (χ0) is 12.2. The average Bonchev–Trinajstić information content (AvgIpc) is 2.38. The minimum Gasteiger partial charge on any atom is -0.330 e. The Kier molecular flexibility index (Phi) is 8.66. The third-order valence-corrected chi connectivity index (χ3v) is 3.17. The maximum atomic E-state index is 5.46. The highest BCUT2D eigenvalue weighted by atomic mass is 14.5. The van der Waals surface area contributed by atoms with Gasteiger partial charge in [0.1, 0.15) is 0 Å². The second-order valence-corrected chi connectivity index (χ2v) is 4.75. The van der Waals surface area contributed by atoms with Gasteiger partial charge in [-0.05, 0) is 37.4 Å². The fourth-order valence-electron chi connectivity index (χ4n) is 2.11. The molecule has 1 heteroatoms. The highest BCUT2D eigenvalue weighted by Gasteiger charge is 1.94. The maximum Gasteiger partial charge on any atom is -0.00773 e. The fourth-order valence-corrected chi connectivity index (χ4v) is 2.11. The summed E-state index contributed by atoms with van der Waals surface area (Å²) in [5, 5.41) is 0. The molecular weight excluding hydrogens is 206 g/mol. The van der Waals surface area contributed by atoms with Crippen LogP contribution in [0.2, 0.25) is 0 Å². The molecule has 0 amide bonds. The Morgan fingerprint density at radius 3 is 2.06 bits per heavy atom. The Morgan fingerprint density at radius 1 is 0.824 bits per heavy atom. The van der Waals surface area contributed by atoms with Crippen molar-refractivity contribution < 1.29 is 0 Å². The molecule has 0 bridgehead atoms. The molecule has 1 radical (unpaired) electrons. The third kappa shape index (κ3) is 7.98. The Bertz CT molecular complexity index is 255. The Balaban J connectivity index is 1.85. The number of hydrogen-bond donors (Lipinski definition) is 1. The third-order valence-electron chi connectivity index (χ3n) is 3.17. The molecule has 1 nitrogen and oxygen atoms in total. The van der Waals surface area contributed by atoms with Crippen molar-refractivity contribution in [3.63, 3.8) is 0 Å². The van der Waals surface area contributed by atoms with Crippen molar-refractivity contribution >= 4 is 0 Å². The predicted octanol–water partition coefficient (Wildman–Crippen LogP) is 4.11. The van der Waals surface area contributed by atoms with Crippen molar-refractivity contribution in [1.29, 1.82) is 0 Å². The van der Waals surface area contributed by atoms with Crippen LogP contribution in [0.25, 0.3) is 0 Å². The van der Waals surface area contributed by atoms with E-state index < -0.39 is 0 Å². The van der Waals surface area contributed by atoms with E-state index in [1.165, 1.54) is 63.4 Å². The van der Waals surface area contributed by atoms with Gasteiger partial charge in [-0.15, -0.1) is 0 Å². The first-order valence-electron chi connectivity index (χ1n) is 7.09. The smallest absolute Gasteiger partial charge is 0.00773 e. The van der Waals surface area contributed by atoms with Crippen LogP contribution >= 0.6 is 0 Å². The fraction of sp³-hybridized carbons (Fsp3) is 0.625. The molecule has 0 aliphatic rings. The minimum atomic E-state index is 0.855. The molecular formula is C16H26N. The number of hydrogen-bond acceptors (Lipinski definition) is 1. The summed E-state index contributed by atoms with van der Waals surface area (Å²) in [6.45, 7) is 0.855. The lowest BCUT2D eigenvalue weighted by molar-refractivity contribution is 0.570. The molecule has 1 rings (SSSR count). The SMILES string of the molecule is NCCCCCCCCCCc1[c]cccc1. The van der Waals surface area contributed by atoms with Gasteiger partial charge in [-0.25, -0.2) is 0 Å². The molecule has 0 aliphatic carbocycles. The van der Waals surface area contributed by atoms with Crippen molar-refractivity contribution in [3.05, 3.63) is 35.9 Å². The highest BCUT2D eigenvalue weighted by Crippen LogP contribution is 2.10. The van der Waals surface area contributed by atoms with Gasteiger partial charge >= 0.3 is 0 Å². The molecule has 1 aromatic rings. The van der Waals surface area contributed by atoms with Crippen LogP contribution in [0, 0.1) is 6.07 Å². The van der Waals surface area contributed by atoms with Crippen LogP contribution in [-0.2, 0) is 6.42 Å². The van der Waals surface area contributed by atoms with Gasteiger partial charge < -0.3 is 5.73 Å². The summed E-state index contributed by atoms with van der Waals surface area (Å²) >= 11 is 0. The largest absolute Gasteiger partial charge is 0.330 e. The molecule has 0 saturated heterocycles. The molecule has 0 aliphatic heterocycles. The van der Waals surface area contributed by atoms with Crippen LogP contribution in [0.5, 0.6) is 0 Å². The van der Waals surface area contributed by atoms with Crippen LogP contribution < -0.4 is 5.73 Å². The number of rotatable bonds is 10. The quantitative estimate of drug-likeness (QED) is 0.604. The van der Waals surface area contributed by atoms with E-state index in [4.69, 9.17) is 5.73 Å². The molecule has 0 saturated carbocycles. The van der Waals surface area contributed by atoms with Crippen molar-refractivity contribution in [2.45, 2.75) is 57.8 Å². The molecule has 0 fully saturated rings. The van der Waals surface area contributed by atoms with Crippen LogP contribution in [0.1, 0.15) is 56.9 Å². The molecule has 1 aromatic carbocycles. The first-order chi connectivity index (χ1) is 8.43. The van der Waals surface area contributed by atoms with Gasteiger partial charge in [0.25, 0.3) is 0 Å². The van der Waals surface area contributed by atoms with Gasteiger partial charge in [0.05, 0.1) is 0 Å². The van der Waals surface area contributed by atoms with Crippen LogP contribution in [0.4, 0.5) is 0 Å². The minimum absolute atomic E-state index is 0.855. The Morgan fingerprint density at radius 2 is 1.47 bits per heavy atom. The second-order valence-electron chi connectivity index (χ2n) is 4.75. The summed E-state index contributed by atoms with van der Waals surface area (Å²) in [7, 11) is 0. The number of nitrogens with two attached hydrogens (primary N) is 1. The van der Waals surface area contributed by atoms with Crippen LogP contribution in [0.15, 0.2) is 24.3 Å². The summed E-state index contributed by atoms with van der Waals surface area (Å²) in [5.74, 6) is 0. The number of benzene rings is 1. The number of unbranched alkanes of at least 4 members (excludes halogenated alkanes) is 7. The van der Waals surface area contributed by atoms with E-state index in [1.54, 1.807) is 0 Å². The lowest BCUT2D eigenvalue weighted by Crippen LogP contribution is -1.97. The van der Waals surface area contributed by atoms with Gasteiger partial charge in [-0.3, -0.25) is 0 Å². The zero-order valence-corrected chi connectivity index (χ0v) is 11.0. The molecule has 0 unspecified atom stereocenters. The van der Waals surface area contributed by atoms with E-state index in [9.17, 15) is 0 Å². The van der Waals surface area contributed by atoms with Gasteiger partial charge in [-0.1, -0.05) is 62.8 Å². The molecule has 0 aromatic heterocycles. The van der Waals surface area contributed by atoms with E-state index in [2.05, 4.69) is 18.2 Å². The van der Waals surface area contributed by atoms with Crippen molar-refractivity contribution in [2.75, 3.05) is 6.54 Å². The van der Waals surface area contributed by atoms with Gasteiger partial charge in [0.2, 0.25) is 0 Å². The summed E-state index contributed by atoms with van der Waals surface area (Å²) in [5.41, 5.74) is 6.82. The molecule has 95 valence electrons. The van der Waals surface area contributed by atoms with Gasteiger partial charge in [-0.2, -0.15) is 0 Å². The van der Waals surface area contributed by atoms with E-state index in [1.807, 2.05) is 12.1 Å². The molecule has 0 atom stereocenters. The van der Waals surface area contributed by atoms with Gasteiger partial charge in [0.15, 0.2) is 0 Å². The molecule has 0 heterocycles. The number of aryl methyl sites for hydroxylation is 1. The van der Waals surface area contributed by atoms with E-state index in [0.717, 1.165) is 6.54 Å². The van der Waals surface area contributed by atoms with Crippen molar-refractivity contribution in [1.82, 2.24) is 0 Å². The van der Waals surface area contributed by atoms with Gasteiger partial charge in [0, 0.05) is 0 Å². The van der Waals surface area contributed by atoms with Crippen molar-refractivity contribution in [3.8, 4) is 0 Å². The summed E-state index contributed by atoms with van der Waals surface area (Å²) in [6, 6.07) is 11.6. The lowest BCUT2D eigenvalue weighted by Gasteiger charge is -2.02. The standard InChI is InChI=1S/C16H26N/c17-15-11-6-4-2-1-3-5-8-12-16-13-9-7-10-14-16/h7,9-10,13H,1-6,8,11-12,15,17H2. The molecule has 17 heavy (non-hydrogen) atoms. The second kappa shape index (κ2) is 10.3. The van der Waals surface area contributed by atoms with E-state index in [-0.39, 0.29) is 0 Å². The zero-order valence-electron chi connectivity index (χ0n) is 11.0. The van der Waals surface area contributed by atoms with Crippen molar-refractivity contribution in [2.24, 2.45) is 5.73 Å². The monoisotopic (exact) mass is 232 g/mol. The Hall–Kier alpha value is -0.820. The maximum absolute atomic E-state index is 5.46. The highest BCUT2D eigenvalue weighted by molar-refractivity contribution is 5.12. The summed E-state index contributed by atoms with van der Waals surface area (Å²) < 4.78 is 0. The first-order valence-corrected chi connectivity index (χ1v) is 7.09. The average molecular weight is 232 g/mol. The summed E-state index contributed by atoms with van der Waals surface area (Å²) in [4.78, 5) is 0. The lowest BCUT2D eigenvalue weighted by atomic mass is 10.0. The van der Waals surface area contributed by atoms with E-state index >= 15 is 0 Å². The molecule has 0 spiro atoms. The first kappa shape index (κ1) is 14.2. The predicted molar refractivity (Wildman–Crippen MR) is 75.0 cm³/mol. The molecule has 2 N–H and O–H groups in total. The Labute approximate surface area is 106 Å². The summed E-state index contributed by atoms with van der Waals surface area (Å²) in [6.07, 6.45) is 11.9. The topological polar surface area (TPSA) is 26.0 Å². The van der Waals surface area contributed by atoms with Crippen LogP contribution in [-0.4, -0.2) is 6.54 Å². The normalized spacial score (nSPS) is 10.6. The van der Waals surface area contributed by atoms with E-state index in [0.29, 0.717) is 0 Å².